The number of aromatic amines is 2. The zero-order valence-corrected chi connectivity index (χ0v) is 28.0. The van der Waals surface area contributed by atoms with Crippen LogP contribution in [0, 0.1) is 5.41 Å². The molecule has 10 heteroatoms. The molecule has 46 heavy (non-hydrogen) atoms. The topological polar surface area (TPSA) is 124 Å². The van der Waals surface area contributed by atoms with Gasteiger partial charge >= 0.3 is 0 Å². The molecule has 2 heterocycles. The Morgan fingerprint density at radius 2 is 1.33 bits per heavy atom. The average molecular weight is 679 g/mol. The third-order valence-corrected chi connectivity index (χ3v) is 8.01. The largest absolute Gasteiger partial charge is 0.496 e. The van der Waals surface area contributed by atoms with Crippen LogP contribution in [-0.2, 0) is 0 Å². The van der Waals surface area contributed by atoms with Crippen LogP contribution < -0.4 is 20.1 Å². The first-order valence-electron chi connectivity index (χ1n) is 15.0. The molecule has 0 aliphatic rings. The van der Waals surface area contributed by atoms with Crippen molar-refractivity contribution in [2.45, 2.75) is 39.8 Å². The van der Waals surface area contributed by atoms with Crippen LogP contribution in [0.3, 0.4) is 0 Å². The molecular weight excluding hydrogens is 642 g/mol. The molecule has 0 fully saturated rings. The number of rotatable bonds is 10. The molecule has 0 spiro atoms. The lowest BCUT2D eigenvalue weighted by Crippen LogP contribution is -2.30. The monoisotopic (exact) mass is 677 g/mol. The zero-order chi connectivity index (χ0) is 32.5. The molecule has 6 rings (SSSR count). The molecule has 0 radical (unpaired) electrons. The van der Waals surface area contributed by atoms with Crippen molar-refractivity contribution >= 4 is 49.5 Å². The lowest BCUT2D eigenvalue weighted by atomic mass is 10.1. The fourth-order valence-corrected chi connectivity index (χ4v) is 5.79. The van der Waals surface area contributed by atoms with Gasteiger partial charge in [-0.25, -0.2) is 9.97 Å². The fraction of sp³-hybridized carbons (Fsp3) is 0.194. The summed E-state index contributed by atoms with van der Waals surface area (Å²) in [6.45, 7) is 12.4. The summed E-state index contributed by atoms with van der Waals surface area (Å²) >= 11 is 3.70. The van der Waals surface area contributed by atoms with E-state index >= 15 is 0 Å². The number of aromatic nitrogens is 4. The summed E-state index contributed by atoms with van der Waals surface area (Å²) in [6, 6.07) is 23.8. The van der Waals surface area contributed by atoms with Gasteiger partial charge in [0.1, 0.15) is 34.7 Å². The second kappa shape index (κ2) is 12.7. The van der Waals surface area contributed by atoms with Gasteiger partial charge in [0.2, 0.25) is 0 Å². The number of halogens is 1. The van der Waals surface area contributed by atoms with Gasteiger partial charge in [0, 0.05) is 39.4 Å². The van der Waals surface area contributed by atoms with E-state index in [1.54, 1.807) is 7.11 Å². The van der Waals surface area contributed by atoms with Gasteiger partial charge < -0.3 is 30.1 Å². The van der Waals surface area contributed by atoms with E-state index in [1.807, 2.05) is 80.6 Å². The van der Waals surface area contributed by atoms with E-state index < -0.39 is 0 Å². The van der Waals surface area contributed by atoms with Crippen LogP contribution in [0.1, 0.15) is 38.8 Å². The minimum atomic E-state index is 0.181. The van der Waals surface area contributed by atoms with E-state index in [4.69, 9.17) is 24.9 Å². The molecule has 5 N–H and O–H groups in total. The van der Waals surface area contributed by atoms with Crippen molar-refractivity contribution in [1.29, 1.82) is 5.41 Å². The van der Waals surface area contributed by atoms with Crippen molar-refractivity contribution in [2.24, 2.45) is 0 Å². The molecule has 6 aromatic rings. The summed E-state index contributed by atoms with van der Waals surface area (Å²) in [5.41, 5.74) is 7.86. The molecule has 0 saturated heterocycles. The van der Waals surface area contributed by atoms with Gasteiger partial charge in [0.25, 0.3) is 0 Å². The molecule has 0 amide bonds. The van der Waals surface area contributed by atoms with E-state index in [-0.39, 0.29) is 6.04 Å². The van der Waals surface area contributed by atoms with Crippen LogP contribution in [0.25, 0.3) is 50.5 Å². The Labute approximate surface area is 276 Å². The van der Waals surface area contributed by atoms with Crippen LogP contribution >= 0.6 is 15.9 Å². The number of nitrogens with one attached hydrogen (secondary N) is 5. The number of hydrogen-bond acceptors (Lipinski definition) is 6. The normalized spacial score (nSPS) is 11.4. The van der Waals surface area contributed by atoms with E-state index in [1.165, 1.54) is 0 Å². The first-order valence-corrected chi connectivity index (χ1v) is 15.8. The fourth-order valence-electron chi connectivity index (χ4n) is 5.24. The van der Waals surface area contributed by atoms with Gasteiger partial charge in [-0.3, -0.25) is 5.41 Å². The van der Waals surface area contributed by atoms with Gasteiger partial charge in [0.05, 0.1) is 34.7 Å². The molecule has 0 aliphatic carbocycles. The summed E-state index contributed by atoms with van der Waals surface area (Å²) < 4.78 is 12.8. The molecule has 234 valence electrons. The van der Waals surface area contributed by atoms with Gasteiger partial charge in [-0.05, 0) is 110 Å². The molecule has 0 aliphatic heterocycles. The summed E-state index contributed by atoms with van der Waals surface area (Å²) in [5, 5.41) is 14.8. The Morgan fingerprint density at radius 3 is 1.93 bits per heavy atom. The van der Waals surface area contributed by atoms with Gasteiger partial charge in [0.15, 0.2) is 0 Å². The molecule has 0 unspecified atom stereocenters. The Kier molecular flexibility index (Phi) is 8.55. The average Bonchev–Trinajstić information content (AvgIpc) is 3.63. The van der Waals surface area contributed by atoms with Crippen LogP contribution in [0.2, 0.25) is 0 Å². The Morgan fingerprint density at radius 1 is 0.761 bits per heavy atom. The van der Waals surface area contributed by atoms with Crippen molar-refractivity contribution < 1.29 is 9.47 Å². The van der Waals surface area contributed by atoms with Gasteiger partial charge in [-0.1, -0.05) is 12.6 Å². The third kappa shape index (κ3) is 6.48. The van der Waals surface area contributed by atoms with Crippen molar-refractivity contribution in [2.75, 3.05) is 7.11 Å². The number of methoxy groups -OCH3 is 1. The number of ether oxygens (including phenoxy) is 2. The molecule has 0 atom stereocenters. The number of benzene rings is 4. The predicted molar refractivity (Wildman–Crippen MR) is 190 cm³/mol. The molecule has 4 aromatic carbocycles. The van der Waals surface area contributed by atoms with Crippen molar-refractivity contribution in [3.05, 3.63) is 95.0 Å². The van der Waals surface area contributed by atoms with E-state index in [0.717, 1.165) is 60.3 Å². The Balaban J connectivity index is 1.21. The highest BCUT2D eigenvalue weighted by Crippen LogP contribution is 2.37. The maximum atomic E-state index is 8.31. The van der Waals surface area contributed by atoms with Crippen LogP contribution in [0.4, 0.5) is 0 Å². The second-order valence-corrected chi connectivity index (χ2v) is 12.5. The summed E-state index contributed by atoms with van der Waals surface area (Å²) in [6.07, 6.45) is 0. The zero-order valence-electron chi connectivity index (χ0n) is 26.4. The molecule has 0 saturated carbocycles. The van der Waals surface area contributed by atoms with Crippen LogP contribution in [-0.4, -0.2) is 45.0 Å². The highest BCUT2D eigenvalue weighted by atomic mass is 79.9. The molecular formula is C36H36BrN7O2. The quantitative estimate of drug-likeness (QED) is 0.0730. The molecule has 2 aromatic heterocycles. The summed E-state index contributed by atoms with van der Waals surface area (Å²) in [5.74, 6) is 3.73. The minimum absolute atomic E-state index is 0.181. The maximum Gasteiger partial charge on any atom is 0.142 e. The smallest absolute Gasteiger partial charge is 0.142 e. The van der Waals surface area contributed by atoms with Crippen molar-refractivity contribution in [3.8, 4) is 40.0 Å². The number of imidazole rings is 2. The van der Waals surface area contributed by atoms with E-state index in [9.17, 15) is 0 Å². The van der Waals surface area contributed by atoms with Crippen LogP contribution in [0.15, 0.2) is 83.8 Å². The van der Waals surface area contributed by atoms with Gasteiger partial charge in [-0.2, -0.15) is 0 Å². The first-order chi connectivity index (χ1) is 22.1. The van der Waals surface area contributed by atoms with Crippen molar-refractivity contribution in [3.63, 3.8) is 0 Å². The second-order valence-electron chi connectivity index (χ2n) is 11.7. The summed E-state index contributed by atoms with van der Waals surface area (Å²) in [4.78, 5) is 16.4. The SMILES string of the molecule is C=C(NC(C)C)c1ccc2nc(-c3ccc(Oc4ccc(-c5nc6ccc(C(=N)NC(C)C)cc6[nH]5)c(Br)c4)cc3OC)[nH]c2c1. The third-order valence-electron chi connectivity index (χ3n) is 7.36. The Hall–Kier alpha value is -5.09. The number of nitrogens with zero attached hydrogens (tertiary/aromatic N) is 2. The highest BCUT2D eigenvalue weighted by Gasteiger charge is 2.15. The van der Waals surface area contributed by atoms with E-state index in [2.05, 4.69) is 63.0 Å². The number of fused-ring (bicyclic) bond motifs is 2. The van der Waals surface area contributed by atoms with Crippen molar-refractivity contribution in [1.82, 2.24) is 30.6 Å². The van der Waals surface area contributed by atoms with Gasteiger partial charge in [-0.15, -0.1) is 0 Å². The molecule has 0 bridgehead atoms. The standard InChI is InChI=1S/C36H36BrN7O2/c1-19(2)39-21(5)22-7-13-29-31(15-22)44-36(42-29)27-12-10-25(18-33(27)45-6)46-24-9-11-26(28(37)17-24)35-41-30-14-8-23(16-32(30)43-35)34(38)40-20(3)4/h7-20,39H,5H2,1-4,6H3,(H2,38,40)(H,41,43)(H,42,44). The number of H-pyrrole nitrogens is 2. The maximum absolute atomic E-state index is 8.31. The first kappa shape index (κ1) is 30.9. The van der Waals surface area contributed by atoms with Crippen LogP contribution in [0.5, 0.6) is 17.2 Å². The van der Waals surface area contributed by atoms with E-state index in [0.29, 0.717) is 35.0 Å². The predicted octanol–water partition coefficient (Wildman–Crippen LogP) is 8.63. The minimum Gasteiger partial charge on any atom is -0.496 e. The lowest BCUT2D eigenvalue weighted by Gasteiger charge is -2.12. The molecule has 9 nitrogen and oxygen atoms in total. The lowest BCUT2D eigenvalue weighted by molar-refractivity contribution is 0.410. The Bertz CT molecular complexity index is 2090. The number of amidine groups is 1. The number of hydrogen-bond donors (Lipinski definition) is 5. The highest BCUT2D eigenvalue weighted by molar-refractivity contribution is 9.10. The summed E-state index contributed by atoms with van der Waals surface area (Å²) in [7, 11) is 1.64.